The molecule has 78 heavy (non-hydrogen) atoms. The summed E-state index contributed by atoms with van der Waals surface area (Å²) in [5, 5.41) is 2.23. The van der Waals surface area contributed by atoms with E-state index in [1.807, 2.05) is 79.3 Å². The standard InChI is InChI=1S/C40H26N2.C33H32NO.Ir/c1-2-12-30(13-3-1)40-26-25-32(28-42-40)34-15-5-7-17-36(34)38-19-9-8-18-37(38)35-16-6-4-14-33(35)29-21-23-31(24-22-29)39-20-10-11-27-41-39;1-21-18-24(23-14-16-33(3,4)17-15-23)12-13-25(21)29-19-30(34-20-22(29)2)28-10-7-9-27-26-8-5-6-11-31(26)35-32(27)28;/h1-12,14-23,25-28H;5-9,11-13,18-20,23H,14-17H2,1-4H3;/q-2;-1;+3. The van der Waals surface area contributed by atoms with Gasteiger partial charge in [0.15, 0.2) is 0 Å². The van der Waals surface area contributed by atoms with Crippen molar-refractivity contribution in [2.75, 3.05) is 0 Å². The van der Waals surface area contributed by atoms with Crippen molar-refractivity contribution >= 4 is 21.9 Å². The minimum atomic E-state index is 0. The number of hydrogen-bond donors (Lipinski definition) is 0. The van der Waals surface area contributed by atoms with Gasteiger partial charge in [0, 0.05) is 24.0 Å². The van der Waals surface area contributed by atoms with Crippen LogP contribution >= 0.6 is 0 Å². The molecule has 0 bridgehead atoms. The number of pyridine rings is 3. The van der Waals surface area contributed by atoms with E-state index < -0.39 is 0 Å². The van der Waals surface area contributed by atoms with E-state index >= 15 is 0 Å². The fourth-order valence-corrected chi connectivity index (χ4v) is 11.2. The number of rotatable bonds is 9. The molecule has 1 saturated carbocycles. The maximum atomic E-state index is 6.26. The molecule has 0 radical (unpaired) electrons. The van der Waals surface area contributed by atoms with Crippen LogP contribution in [0.3, 0.4) is 0 Å². The Morgan fingerprint density at radius 3 is 1.74 bits per heavy atom. The van der Waals surface area contributed by atoms with Crippen molar-refractivity contribution in [1.82, 2.24) is 15.0 Å². The van der Waals surface area contributed by atoms with Gasteiger partial charge in [0.05, 0.1) is 5.58 Å². The predicted molar refractivity (Wildman–Crippen MR) is 318 cm³/mol. The first-order valence-electron chi connectivity index (χ1n) is 26.8. The Morgan fingerprint density at radius 1 is 0.462 bits per heavy atom. The Balaban J connectivity index is 0.000000166. The fraction of sp³-hybridized carbons (Fsp3) is 0.137. The van der Waals surface area contributed by atoms with E-state index in [-0.39, 0.29) is 20.1 Å². The Hall–Kier alpha value is -8.34. The van der Waals surface area contributed by atoms with Crippen molar-refractivity contribution in [3.8, 4) is 89.4 Å². The summed E-state index contributed by atoms with van der Waals surface area (Å²) < 4.78 is 6.26. The van der Waals surface area contributed by atoms with Crippen LogP contribution in [0.25, 0.3) is 111 Å². The van der Waals surface area contributed by atoms with E-state index in [0.29, 0.717) is 11.3 Å². The van der Waals surface area contributed by atoms with Gasteiger partial charge in [-0.05, 0) is 141 Å². The molecule has 0 N–H and O–H groups in total. The van der Waals surface area contributed by atoms with Gasteiger partial charge in [0.1, 0.15) is 5.58 Å². The van der Waals surface area contributed by atoms with Crippen molar-refractivity contribution in [2.45, 2.75) is 59.3 Å². The molecule has 1 aliphatic rings. The largest absolute Gasteiger partial charge is 3.00 e. The van der Waals surface area contributed by atoms with Crippen molar-refractivity contribution in [1.29, 1.82) is 0 Å². The molecule has 380 valence electrons. The zero-order chi connectivity index (χ0) is 52.3. The number of aryl methyl sites for hydroxylation is 2. The molecule has 13 rings (SSSR count). The number of para-hydroxylation sites is 1. The normalized spacial score (nSPS) is 13.1. The van der Waals surface area contributed by atoms with E-state index in [0.717, 1.165) is 78.0 Å². The van der Waals surface area contributed by atoms with E-state index in [1.165, 1.54) is 75.8 Å². The van der Waals surface area contributed by atoms with Crippen molar-refractivity contribution in [2.24, 2.45) is 5.41 Å². The van der Waals surface area contributed by atoms with E-state index in [2.05, 4.69) is 196 Å². The summed E-state index contributed by atoms with van der Waals surface area (Å²) >= 11 is 0. The molecule has 0 aliphatic heterocycles. The molecule has 0 spiro atoms. The molecule has 0 saturated heterocycles. The Labute approximate surface area is 472 Å². The molecule has 4 nitrogen and oxygen atoms in total. The van der Waals surface area contributed by atoms with Gasteiger partial charge in [-0.15, -0.1) is 83.9 Å². The first kappa shape index (κ1) is 51.7. The van der Waals surface area contributed by atoms with Crippen LogP contribution in [0.15, 0.2) is 229 Å². The second-order valence-corrected chi connectivity index (χ2v) is 21.1. The maximum absolute atomic E-state index is 6.26. The monoisotopic (exact) mass is 1190 g/mol. The predicted octanol–water partition coefficient (Wildman–Crippen LogP) is 19.5. The molecule has 5 heteroatoms. The van der Waals surface area contributed by atoms with Crippen LogP contribution in [0.2, 0.25) is 0 Å². The summed E-state index contributed by atoms with van der Waals surface area (Å²) in [6.45, 7) is 9.21. The van der Waals surface area contributed by atoms with Crippen LogP contribution in [0, 0.1) is 37.5 Å². The van der Waals surface area contributed by atoms with Gasteiger partial charge >= 0.3 is 20.1 Å². The molecule has 0 amide bonds. The third-order valence-corrected chi connectivity index (χ3v) is 15.5. The van der Waals surface area contributed by atoms with Gasteiger partial charge in [-0.2, -0.15) is 0 Å². The van der Waals surface area contributed by atoms with Gasteiger partial charge < -0.3 is 19.4 Å². The van der Waals surface area contributed by atoms with E-state index in [1.54, 1.807) is 0 Å². The van der Waals surface area contributed by atoms with Crippen LogP contribution in [-0.2, 0) is 20.1 Å². The molecule has 4 aromatic heterocycles. The quantitative estimate of drug-likeness (QED) is 0.135. The Morgan fingerprint density at radius 2 is 1.09 bits per heavy atom. The average Bonchev–Trinajstić information content (AvgIpc) is 3.88. The summed E-state index contributed by atoms with van der Waals surface area (Å²) in [6.07, 6.45) is 11.0. The molecule has 1 fully saturated rings. The van der Waals surface area contributed by atoms with Crippen molar-refractivity contribution in [3.05, 3.63) is 260 Å². The summed E-state index contributed by atoms with van der Waals surface area (Å²) in [5.74, 6) is 0.685. The molecule has 0 unspecified atom stereocenters. The molecular formula is C73H58IrN3O. The first-order valence-corrected chi connectivity index (χ1v) is 26.8. The number of fused-ring (bicyclic) bond motifs is 3. The first-order chi connectivity index (χ1) is 37.7. The van der Waals surface area contributed by atoms with Gasteiger partial charge in [-0.3, -0.25) is 0 Å². The third-order valence-electron chi connectivity index (χ3n) is 15.5. The van der Waals surface area contributed by atoms with Gasteiger partial charge in [-0.25, -0.2) is 0 Å². The number of benzene rings is 8. The number of aromatic nitrogens is 3. The van der Waals surface area contributed by atoms with E-state index in [4.69, 9.17) is 14.4 Å². The maximum Gasteiger partial charge on any atom is 3.00 e. The third kappa shape index (κ3) is 10.7. The molecule has 1 aliphatic carbocycles. The Bertz CT molecular complexity index is 3880. The zero-order valence-corrected chi connectivity index (χ0v) is 46.7. The zero-order valence-electron chi connectivity index (χ0n) is 44.4. The molecule has 4 heterocycles. The van der Waals surface area contributed by atoms with Crippen molar-refractivity contribution in [3.63, 3.8) is 0 Å². The van der Waals surface area contributed by atoms with E-state index in [9.17, 15) is 0 Å². The SMILES string of the molecule is Cc1cc(C2CCC(C)(C)CC2)ccc1-c1cc(-c2[c-]ccc3c2oc2ccccc23)ncc1C.[Ir+3].[c-]1cc(-c2ccccc2-c2ccccc2-c2ccccc2-c2ccc(-c3[c-]cccc3)nc2)ccc1-c1ccccn1. The number of furan rings is 1. The van der Waals surface area contributed by atoms with Crippen LogP contribution in [0.5, 0.6) is 0 Å². The van der Waals surface area contributed by atoms with Crippen LogP contribution < -0.4 is 0 Å². The number of hydrogen-bond acceptors (Lipinski definition) is 4. The molecular weight excluding hydrogens is 1130 g/mol. The summed E-state index contributed by atoms with van der Waals surface area (Å²) in [6, 6.07) is 81.9. The smallest absolute Gasteiger partial charge is 0.501 e. The van der Waals surface area contributed by atoms with Crippen LogP contribution in [-0.4, -0.2) is 15.0 Å². The second-order valence-electron chi connectivity index (χ2n) is 21.1. The molecule has 0 atom stereocenters. The molecule has 8 aromatic carbocycles. The van der Waals surface area contributed by atoms with Crippen LogP contribution in [0.1, 0.15) is 62.1 Å². The average molecular weight is 1190 g/mol. The minimum Gasteiger partial charge on any atom is -0.501 e. The van der Waals surface area contributed by atoms with Gasteiger partial charge in [-0.1, -0.05) is 175 Å². The fourth-order valence-electron chi connectivity index (χ4n) is 11.2. The Kier molecular flexibility index (Phi) is 15.1. The minimum absolute atomic E-state index is 0. The summed E-state index contributed by atoms with van der Waals surface area (Å²) in [5.41, 5.74) is 23.6. The van der Waals surface area contributed by atoms with Gasteiger partial charge in [0.2, 0.25) is 0 Å². The topological polar surface area (TPSA) is 51.8 Å². The second kappa shape index (κ2) is 22.7. The number of nitrogens with zero attached hydrogens (tertiary/aromatic N) is 3. The van der Waals surface area contributed by atoms with Gasteiger partial charge in [0.25, 0.3) is 0 Å². The molecule has 12 aromatic rings. The summed E-state index contributed by atoms with van der Waals surface area (Å²) in [7, 11) is 0. The summed E-state index contributed by atoms with van der Waals surface area (Å²) in [4.78, 5) is 14.1. The van der Waals surface area contributed by atoms with Crippen molar-refractivity contribution < 1.29 is 24.5 Å². The van der Waals surface area contributed by atoms with Crippen LogP contribution in [0.4, 0.5) is 0 Å².